The number of carbonyl (C=O) groups excluding carboxylic acids is 1. The van der Waals surface area contributed by atoms with Gasteiger partial charge in [0.15, 0.2) is 5.16 Å². The lowest BCUT2D eigenvalue weighted by Crippen LogP contribution is -2.46. The lowest BCUT2D eigenvalue weighted by molar-refractivity contribution is 0.222. The summed E-state index contributed by atoms with van der Waals surface area (Å²) < 4.78 is 0. The van der Waals surface area contributed by atoms with Gasteiger partial charge in [-0.25, -0.2) is 14.8 Å². The van der Waals surface area contributed by atoms with Crippen molar-refractivity contribution in [1.29, 1.82) is 0 Å². The first kappa shape index (κ1) is 19.5. The van der Waals surface area contributed by atoms with Crippen LogP contribution in [-0.4, -0.2) is 22.5 Å². The van der Waals surface area contributed by atoms with Crippen molar-refractivity contribution in [3.8, 4) is 0 Å². The predicted octanol–water partition coefficient (Wildman–Crippen LogP) is 5.18. The van der Waals surface area contributed by atoms with E-state index in [-0.39, 0.29) is 11.4 Å². The Kier molecular flexibility index (Phi) is 5.81. The van der Waals surface area contributed by atoms with Gasteiger partial charge in [0.1, 0.15) is 0 Å². The molecule has 0 atom stereocenters. The maximum Gasteiger partial charge on any atom is 0.319 e. The van der Waals surface area contributed by atoms with Crippen LogP contribution in [0.3, 0.4) is 0 Å². The molecule has 0 bridgehead atoms. The van der Waals surface area contributed by atoms with Crippen molar-refractivity contribution in [3.63, 3.8) is 0 Å². The van der Waals surface area contributed by atoms with E-state index in [0.29, 0.717) is 11.7 Å². The molecule has 29 heavy (non-hydrogen) atoms. The third-order valence-electron chi connectivity index (χ3n) is 5.48. The fraction of sp³-hybridized carbons (Fsp3) is 0.261. The van der Waals surface area contributed by atoms with Crippen molar-refractivity contribution in [2.24, 2.45) is 0 Å². The minimum Gasteiger partial charge on any atom is -0.337 e. The lowest BCUT2D eigenvalue weighted by Gasteiger charge is -2.42. The zero-order valence-electron chi connectivity index (χ0n) is 16.4. The quantitative estimate of drug-likeness (QED) is 0.556. The number of amides is 2. The second kappa shape index (κ2) is 8.66. The molecule has 0 unspecified atom stereocenters. The summed E-state index contributed by atoms with van der Waals surface area (Å²) in [6.45, 7) is 2.64. The summed E-state index contributed by atoms with van der Waals surface area (Å²) >= 11 is 1.50. The van der Waals surface area contributed by atoms with Crippen molar-refractivity contribution >= 4 is 23.5 Å². The molecular formula is C23H24N4OS. The zero-order chi connectivity index (χ0) is 20.1. The van der Waals surface area contributed by atoms with E-state index in [1.54, 1.807) is 18.5 Å². The summed E-state index contributed by atoms with van der Waals surface area (Å²) in [6.07, 6.45) is 6.90. The molecule has 0 radical (unpaired) electrons. The highest BCUT2D eigenvalue weighted by molar-refractivity contribution is 7.99. The molecule has 1 aliphatic carbocycles. The van der Waals surface area contributed by atoms with E-state index >= 15 is 0 Å². The molecular weight excluding hydrogens is 380 g/mol. The van der Waals surface area contributed by atoms with Gasteiger partial charge in [-0.2, -0.15) is 0 Å². The lowest BCUT2D eigenvalue weighted by atomic mass is 9.64. The molecule has 0 spiro atoms. The van der Waals surface area contributed by atoms with Crippen LogP contribution in [0.2, 0.25) is 0 Å². The molecule has 0 saturated heterocycles. The van der Waals surface area contributed by atoms with E-state index in [2.05, 4.69) is 44.9 Å². The molecule has 6 heteroatoms. The number of hydrogen-bond donors (Lipinski definition) is 2. The van der Waals surface area contributed by atoms with Gasteiger partial charge in [-0.15, -0.1) is 0 Å². The molecule has 1 aliphatic rings. The van der Waals surface area contributed by atoms with Crippen molar-refractivity contribution in [1.82, 2.24) is 15.3 Å². The molecule has 2 N–H and O–H groups in total. The monoisotopic (exact) mass is 404 g/mol. The molecule has 0 aliphatic heterocycles. The van der Waals surface area contributed by atoms with Gasteiger partial charge in [0.25, 0.3) is 0 Å². The van der Waals surface area contributed by atoms with Gasteiger partial charge in [0.2, 0.25) is 0 Å². The Hall–Kier alpha value is -2.86. The van der Waals surface area contributed by atoms with Gasteiger partial charge < -0.3 is 10.6 Å². The number of hydrogen-bond acceptors (Lipinski definition) is 4. The Labute approximate surface area is 175 Å². The van der Waals surface area contributed by atoms with E-state index in [4.69, 9.17) is 0 Å². The fourth-order valence-electron chi connectivity index (χ4n) is 3.66. The molecule has 5 nitrogen and oxygen atoms in total. The number of anilines is 1. The van der Waals surface area contributed by atoms with Crippen LogP contribution in [0.5, 0.6) is 0 Å². The van der Waals surface area contributed by atoms with Crippen LogP contribution in [0, 0.1) is 6.92 Å². The maximum atomic E-state index is 12.5. The summed E-state index contributed by atoms with van der Waals surface area (Å²) in [6, 6.07) is 18.1. The Morgan fingerprint density at radius 1 is 1.07 bits per heavy atom. The molecule has 1 saturated carbocycles. The van der Waals surface area contributed by atoms with E-state index in [0.717, 1.165) is 29.0 Å². The number of aromatic nitrogens is 2. The predicted molar refractivity (Wildman–Crippen MR) is 116 cm³/mol. The summed E-state index contributed by atoms with van der Waals surface area (Å²) in [5.74, 6) is 0. The van der Waals surface area contributed by atoms with Crippen molar-refractivity contribution in [2.45, 2.75) is 41.7 Å². The summed E-state index contributed by atoms with van der Waals surface area (Å²) in [4.78, 5) is 22.0. The van der Waals surface area contributed by atoms with Gasteiger partial charge in [-0.3, -0.25) is 0 Å². The first-order chi connectivity index (χ1) is 14.1. The van der Waals surface area contributed by atoms with Gasteiger partial charge >= 0.3 is 6.03 Å². The Morgan fingerprint density at radius 2 is 1.83 bits per heavy atom. The van der Waals surface area contributed by atoms with Crippen molar-refractivity contribution < 1.29 is 4.79 Å². The summed E-state index contributed by atoms with van der Waals surface area (Å²) in [5, 5.41) is 6.77. The molecule has 1 aromatic heterocycles. The smallest absolute Gasteiger partial charge is 0.319 e. The number of urea groups is 1. The first-order valence-corrected chi connectivity index (χ1v) is 10.6. The largest absolute Gasteiger partial charge is 0.337 e. The third kappa shape index (κ3) is 4.59. The molecule has 2 aromatic carbocycles. The van der Waals surface area contributed by atoms with Crippen molar-refractivity contribution in [2.75, 3.05) is 11.9 Å². The number of carbonyl (C=O) groups is 1. The maximum absolute atomic E-state index is 12.5. The average Bonchev–Trinajstić information content (AvgIpc) is 2.71. The minimum absolute atomic E-state index is 0.0732. The van der Waals surface area contributed by atoms with Crippen LogP contribution in [0.4, 0.5) is 10.5 Å². The molecule has 4 rings (SSSR count). The van der Waals surface area contributed by atoms with Gasteiger partial charge in [0, 0.05) is 34.9 Å². The van der Waals surface area contributed by atoms with E-state index < -0.39 is 0 Å². The van der Waals surface area contributed by atoms with Gasteiger partial charge in [0.05, 0.1) is 0 Å². The highest BCUT2D eigenvalue weighted by atomic mass is 32.2. The highest BCUT2D eigenvalue weighted by Crippen LogP contribution is 2.43. The normalized spacial score (nSPS) is 14.7. The van der Waals surface area contributed by atoms with Crippen LogP contribution in [0.25, 0.3) is 0 Å². The second-order valence-electron chi connectivity index (χ2n) is 7.42. The molecule has 148 valence electrons. The van der Waals surface area contributed by atoms with E-state index in [9.17, 15) is 4.79 Å². The Bertz CT molecular complexity index is 975. The number of aryl methyl sites for hydroxylation is 1. The second-order valence-corrected chi connectivity index (χ2v) is 8.46. The minimum atomic E-state index is -0.165. The summed E-state index contributed by atoms with van der Waals surface area (Å²) in [5.41, 5.74) is 3.20. The molecule has 3 aromatic rings. The number of rotatable bonds is 6. The average molecular weight is 405 g/mol. The molecule has 2 amide bonds. The summed E-state index contributed by atoms with van der Waals surface area (Å²) in [7, 11) is 0. The number of nitrogens with one attached hydrogen (secondary N) is 2. The molecule has 1 heterocycles. The SMILES string of the molecule is Cc1cc(Sc2ncccn2)ccc1NC(=O)NCC1(c2ccccc2)CCC1. The number of nitrogens with zero attached hydrogens (tertiary/aromatic N) is 2. The highest BCUT2D eigenvalue weighted by Gasteiger charge is 2.38. The standard InChI is InChI=1S/C23H24N4OS/c1-17-15-19(29-22-24-13-6-14-25-22)9-10-20(17)27-21(28)26-16-23(11-5-12-23)18-7-3-2-4-8-18/h2-4,6-10,13-15H,5,11-12,16H2,1H3,(H2,26,27,28). The number of benzene rings is 2. The first-order valence-electron chi connectivity index (χ1n) is 9.81. The third-order valence-corrected chi connectivity index (χ3v) is 6.36. The van der Waals surface area contributed by atoms with Crippen LogP contribution >= 0.6 is 11.8 Å². The van der Waals surface area contributed by atoms with Crippen LogP contribution < -0.4 is 10.6 Å². The fourth-order valence-corrected chi connectivity index (χ4v) is 4.47. The van der Waals surface area contributed by atoms with Crippen LogP contribution in [-0.2, 0) is 5.41 Å². The van der Waals surface area contributed by atoms with Crippen LogP contribution in [0.1, 0.15) is 30.4 Å². The van der Waals surface area contributed by atoms with Gasteiger partial charge in [-0.05, 0) is 66.9 Å². The molecule has 1 fully saturated rings. The topological polar surface area (TPSA) is 66.9 Å². The van der Waals surface area contributed by atoms with Crippen LogP contribution in [0.15, 0.2) is 77.0 Å². The zero-order valence-corrected chi connectivity index (χ0v) is 17.2. The van der Waals surface area contributed by atoms with E-state index in [1.807, 2.05) is 31.2 Å². The Morgan fingerprint density at radius 3 is 2.48 bits per heavy atom. The van der Waals surface area contributed by atoms with Crippen molar-refractivity contribution in [3.05, 3.63) is 78.1 Å². The Balaban J connectivity index is 1.36. The van der Waals surface area contributed by atoms with E-state index in [1.165, 1.54) is 23.7 Å². The van der Waals surface area contributed by atoms with Gasteiger partial charge in [-0.1, -0.05) is 36.8 Å².